The molecule has 0 aliphatic carbocycles. The maximum Gasteiger partial charge on any atom is 0.243 e. The van der Waals surface area contributed by atoms with Crippen molar-refractivity contribution in [2.24, 2.45) is 0 Å². The summed E-state index contributed by atoms with van der Waals surface area (Å²) in [5.74, 6) is -0.151. The van der Waals surface area contributed by atoms with Crippen LogP contribution in [0.25, 0.3) is 0 Å². The molecule has 1 aliphatic rings. The Balaban J connectivity index is 1.56. The van der Waals surface area contributed by atoms with E-state index in [-0.39, 0.29) is 10.8 Å². The Kier molecular flexibility index (Phi) is 8.97. The summed E-state index contributed by atoms with van der Waals surface area (Å²) in [6.07, 6.45) is 0.934. The van der Waals surface area contributed by atoms with Crippen molar-refractivity contribution in [3.05, 3.63) is 90.0 Å². The Morgan fingerprint density at radius 2 is 1.57 bits per heavy atom. The molecule has 0 aromatic heterocycles. The first kappa shape index (κ1) is 26.9. The molecule has 37 heavy (non-hydrogen) atoms. The Morgan fingerprint density at radius 3 is 2.22 bits per heavy atom. The van der Waals surface area contributed by atoms with E-state index in [9.17, 15) is 13.2 Å². The molecule has 3 aromatic rings. The first-order valence-electron chi connectivity index (χ1n) is 12.9. The molecule has 8 heteroatoms. The van der Waals surface area contributed by atoms with Gasteiger partial charge in [-0.1, -0.05) is 67.6 Å². The third kappa shape index (κ3) is 7.19. The van der Waals surface area contributed by atoms with Crippen LogP contribution in [0.15, 0.2) is 83.8 Å². The van der Waals surface area contributed by atoms with Crippen LogP contribution in [0, 0.1) is 0 Å². The van der Waals surface area contributed by atoms with Gasteiger partial charge < -0.3 is 15.1 Å². The third-order valence-electron chi connectivity index (χ3n) is 6.81. The molecular weight excluding hydrogens is 484 g/mol. The fourth-order valence-corrected chi connectivity index (χ4v) is 6.09. The fraction of sp³-hybridized carbons (Fsp3) is 0.345. The van der Waals surface area contributed by atoms with E-state index >= 15 is 0 Å². The van der Waals surface area contributed by atoms with Crippen molar-refractivity contribution in [3.63, 3.8) is 0 Å². The van der Waals surface area contributed by atoms with Crippen molar-refractivity contribution >= 4 is 27.3 Å². The number of likely N-dealkylation sites (N-methyl/N-ethyl adjacent to an activating group) is 1. The molecule has 0 saturated carbocycles. The van der Waals surface area contributed by atoms with Gasteiger partial charge in [-0.2, -0.15) is 0 Å². The van der Waals surface area contributed by atoms with Crippen molar-refractivity contribution in [2.45, 2.75) is 37.6 Å². The van der Waals surface area contributed by atoms with Gasteiger partial charge in [0.1, 0.15) is 4.90 Å². The molecule has 4 rings (SSSR count). The molecular formula is C29H36N4O3S. The van der Waals surface area contributed by atoms with Crippen LogP contribution in [0.5, 0.6) is 0 Å². The highest BCUT2D eigenvalue weighted by Gasteiger charge is 2.27. The Morgan fingerprint density at radius 1 is 0.919 bits per heavy atom. The summed E-state index contributed by atoms with van der Waals surface area (Å²) >= 11 is 0. The largest absolute Gasteiger partial charge is 0.368 e. The van der Waals surface area contributed by atoms with Crippen LogP contribution in [-0.4, -0.2) is 51.9 Å². The van der Waals surface area contributed by atoms with Crippen LogP contribution in [0.3, 0.4) is 0 Å². The molecule has 1 atom stereocenters. The average molecular weight is 521 g/mol. The van der Waals surface area contributed by atoms with E-state index in [0.717, 1.165) is 43.9 Å². The van der Waals surface area contributed by atoms with E-state index in [1.165, 1.54) is 0 Å². The smallest absolute Gasteiger partial charge is 0.243 e. The van der Waals surface area contributed by atoms with E-state index in [4.69, 9.17) is 0 Å². The summed E-state index contributed by atoms with van der Waals surface area (Å²) in [4.78, 5) is 17.3. The first-order valence-corrected chi connectivity index (χ1v) is 14.4. The Bertz CT molecular complexity index is 1280. The summed E-state index contributed by atoms with van der Waals surface area (Å²) in [6, 6.07) is 24.1. The number of anilines is 2. The van der Waals surface area contributed by atoms with Gasteiger partial charge >= 0.3 is 0 Å². The van der Waals surface area contributed by atoms with Gasteiger partial charge in [0.15, 0.2) is 0 Å². The predicted octanol–water partition coefficient (Wildman–Crippen LogP) is 4.44. The molecule has 2 N–H and O–H groups in total. The molecule has 1 amide bonds. The van der Waals surface area contributed by atoms with Crippen LogP contribution in [0.1, 0.15) is 37.4 Å². The van der Waals surface area contributed by atoms with Crippen LogP contribution >= 0.6 is 0 Å². The lowest BCUT2D eigenvalue weighted by molar-refractivity contribution is -0.116. The second kappa shape index (κ2) is 12.4. The second-order valence-electron chi connectivity index (χ2n) is 9.39. The van der Waals surface area contributed by atoms with Crippen LogP contribution in [-0.2, 0) is 21.2 Å². The van der Waals surface area contributed by atoms with Crippen LogP contribution in [0.4, 0.5) is 11.4 Å². The molecule has 1 fully saturated rings. The van der Waals surface area contributed by atoms with Gasteiger partial charge in [0.2, 0.25) is 15.9 Å². The normalized spacial score (nSPS) is 15.4. The van der Waals surface area contributed by atoms with E-state index in [1.807, 2.05) is 73.7 Å². The van der Waals surface area contributed by atoms with Gasteiger partial charge in [-0.05, 0) is 49.2 Å². The van der Waals surface area contributed by atoms with E-state index < -0.39 is 16.1 Å². The lowest BCUT2D eigenvalue weighted by atomic mass is 10.1. The van der Waals surface area contributed by atoms with Gasteiger partial charge in [0.05, 0.1) is 5.69 Å². The average Bonchev–Trinajstić information content (AvgIpc) is 2.93. The Hall–Kier alpha value is -3.20. The number of amides is 1. The maximum atomic E-state index is 13.7. The van der Waals surface area contributed by atoms with Gasteiger partial charge in [-0.15, -0.1) is 0 Å². The number of carbonyl (C=O) groups is 1. The van der Waals surface area contributed by atoms with Crippen LogP contribution in [0.2, 0.25) is 0 Å². The molecule has 1 saturated heterocycles. The standard InChI is InChI=1S/C29H36N4O3S/c1-3-32-18-20-33(21-19-32)27-16-15-26(30-29(34)17-14-24-10-6-4-7-11-24)22-28(27)37(35,36)31-23(2)25-12-8-5-9-13-25/h4-13,15-16,22-23,31H,3,14,17-21H2,1-2H3,(H,30,34)/t23-/m1/s1. The molecule has 0 spiro atoms. The third-order valence-corrected chi connectivity index (χ3v) is 8.38. The Labute approximate surface area is 220 Å². The van der Waals surface area contributed by atoms with Gasteiger partial charge in [-0.3, -0.25) is 4.79 Å². The van der Waals surface area contributed by atoms with Gasteiger partial charge in [0.25, 0.3) is 0 Å². The summed E-state index contributed by atoms with van der Waals surface area (Å²) in [7, 11) is -3.88. The zero-order chi connectivity index (χ0) is 26.3. The number of benzene rings is 3. The molecule has 196 valence electrons. The minimum atomic E-state index is -3.88. The number of rotatable bonds is 10. The number of piperazine rings is 1. The van der Waals surface area contributed by atoms with Gasteiger partial charge in [0, 0.05) is 44.3 Å². The summed E-state index contributed by atoms with van der Waals surface area (Å²) in [5, 5.41) is 2.90. The highest BCUT2D eigenvalue weighted by molar-refractivity contribution is 7.89. The van der Waals surface area contributed by atoms with Crippen molar-refractivity contribution in [3.8, 4) is 0 Å². The minimum Gasteiger partial charge on any atom is -0.368 e. The molecule has 0 unspecified atom stereocenters. The SMILES string of the molecule is CCN1CCN(c2ccc(NC(=O)CCc3ccccc3)cc2S(=O)(=O)N[C@H](C)c2ccccc2)CC1. The fourth-order valence-electron chi connectivity index (χ4n) is 4.61. The van der Waals surface area contributed by atoms with E-state index in [0.29, 0.717) is 24.2 Å². The first-order chi connectivity index (χ1) is 17.9. The van der Waals surface area contributed by atoms with Crippen molar-refractivity contribution in [1.29, 1.82) is 0 Å². The highest BCUT2D eigenvalue weighted by atomic mass is 32.2. The predicted molar refractivity (Wildman–Crippen MR) is 149 cm³/mol. The van der Waals surface area contributed by atoms with Crippen molar-refractivity contribution in [1.82, 2.24) is 9.62 Å². The van der Waals surface area contributed by atoms with Crippen molar-refractivity contribution in [2.75, 3.05) is 42.9 Å². The van der Waals surface area contributed by atoms with Gasteiger partial charge in [-0.25, -0.2) is 13.1 Å². The molecule has 7 nitrogen and oxygen atoms in total. The van der Waals surface area contributed by atoms with E-state index in [2.05, 4.69) is 26.8 Å². The topological polar surface area (TPSA) is 81.8 Å². The quantitative estimate of drug-likeness (QED) is 0.413. The number of hydrogen-bond acceptors (Lipinski definition) is 5. The number of hydrogen-bond donors (Lipinski definition) is 2. The summed E-state index contributed by atoms with van der Waals surface area (Å²) in [5.41, 5.74) is 3.10. The zero-order valence-corrected chi connectivity index (χ0v) is 22.4. The van der Waals surface area contributed by atoms with E-state index in [1.54, 1.807) is 12.1 Å². The lowest BCUT2D eigenvalue weighted by Gasteiger charge is -2.36. The highest BCUT2D eigenvalue weighted by Crippen LogP contribution is 2.31. The molecule has 1 heterocycles. The summed E-state index contributed by atoms with van der Waals surface area (Å²) in [6.45, 7) is 8.19. The maximum absolute atomic E-state index is 13.7. The molecule has 3 aromatic carbocycles. The number of carbonyl (C=O) groups excluding carboxylic acids is 1. The molecule has 0 bridgehead atoms. The molecule has 1 aliphatic heterocycles. The number of sulfonamides is 1. The molecule has 0 radical (unpaired) electrons. The second-order valence-corrected chi connectivity index (χ2v) is 11.1. The number of nitrogens with zero attached hydrogens (tertiary/aromatic N) is 2. The lowest BCUT2D eigenvalue weighted by Crippen LogP contribution is -2.46. The number of nitrogens with one attached hydrogen (secondary N) is 2. The van der Waals surface area contributed by atoms with Crippen LogP contribution < -0.4 is 14.9 Å². The monoisotopic (exact) mass is 520 g/mol. The van der Waals surface area contributed by atoms with Crippen molar-refractivity contribution < 1.29 is 13.2 Å². The summed E-state index contributed by atoms with van der Waals surface area (Å²) < 4.78 is 30.2. The zero-order valence-electron chi connectivity index (χ0n) is 21.6. The number of aryl methyl sites for hydroxylation is 1. The minimum absolute atomic E-state index is 0.151.